The number of benzene rings is 1. The standard InChI is InChI=1S/C18H28N2O3S.ClH/c1-13(2)11-18(3,12-19)20-17(21)6-9-24-14-4-5-15-16(10-14)23-8-7-22-15;/h4-5,10,13H,6-9,11-12,19H2,1-3H3,(H,20,21);1H. The van der Waals surface area contributed by atoms with Crippen LogP contribution in [-0.2, 0) is 4.79 Å². The van der Waals surface area contributed by atoms with Gasteiger partial charge in [0, 0.05) is 29.2 Å². The van der Waals surface area contributed by atoms with Crippen molar-refractivity contribution in [2.45, 2.75) is 44.0 Å². The zero-order valence-electron chi connectivity index (χ0n) is 15.2. The number of ether oxygens (including phenoxy) is 2. The molecule has 0 aromatic heterocycles. The maximum atomic E-state index is 12.2. The van der Waals surface area contributed by atoms with Crippen LogP contribution in [0.1, 0.15) is 33.6 Å². The lowest BCUT2D eigenvalue weighted by molar-refractivity contribution is -0.122. The molecule has 0 radical (unpaired) electrons. The maximum Gasteiger partial charge on any atom is 0.221 e. The van der Waals surface area contributed by atoms with Crippen LogP contribution in [0.2, 0.25) is 0 Å². The van der Waals surface area contributed by atoms with Gasteiger partial charge in [-0.05, 0) is 37.5 Å². The smallest absolute Gasteiger partial charge is 0.221 e. The first kappa shape index (κ1) is 21.9. The van der Waals surface area contributed by atoms with E-state index in [0.717, 1.165) is 22.8 Å². The van der Waals surface area contributed by atoms with E-state index in [0.29, 0.717) is 37.9 Å². The van der Waals surface area contributed by atoms with Gasteiger partial charge < -0.3 is 20.5 Å². The molecule has 0 saturated heterocycles. The number of rotatable bonds is 8. The molecule has 2 rings (SSSR count). The minimum absolute atomic E-state index is 0. The monoisotopic (exact) mass is 388 g/mol. The lowest BCUT2D eigenvalue weighted by Gasteiger charge is -2.31. The lowest BCUT2D eigenvalue weighted by atomic mass is 9.90. The van der Waals surface area contributed by atoms with E-state index in [4.69, 9.17) is 15.2 Å². The maximum absolute atomic E-state index is 12.2. The van der Waals surface area contributed by atoms with Crippen molar-refractivity contribution in [2.24, 2.45) is 11.7 Å². The fourth-order valence-corrected chi connectivity index (χ4v) is 3.74. The molecule has 1 aromatic rings. The average Bonchev–Trinajstić information content (AvgIpc) is 2.54. The van der Waals surface area contributed by atoms with E-state index in [-0.39, 0.29) is 23.9 Å². The number of fused-ring (bicyclic) bond motifs is 1. The Bertz CT molecular complexity index is 571. The van der Waals surface area contributed by atoms with Crippen LogP contribution in [0.15, 0.2) is 23.1 Å². The number of thioether (sulfide) groups is 1. The summed E-state index contributed by atoms with van der Waals surface area (Å²) < 4.78 is 11.1. The van der Waals surface area contributed by atoms with Crippen LogP contribution in [-0.4, -0.2) is 37.0 Å². The third-order valence-corrected chi connectivity index (χ3v) is 4.86. The quantitative estimate of drug-likeness (QED) is 0.669. The highest BCUT2D eigenvalue weighted by molar-refractivity contribution is 7.99. The summed E-state index contributed by atoms with van der Waals surface area (Å²) in [5.41, 5.74) is 5.52. The molecule has 1 heterocycles. The molecule has 1 amide bonds. The van der Waals surface area contributed by atoms with Gasteiger partial charge in [-0.15, -0.1) is 24.2 Å². The summed E-state index contributed by atoms with van der Waals surface area (Å²) in [7, 11) is 0. The summed E-state index contributed by atoms with van der Waals surface area (Å²) in [6.45, 7) is 7.91. The molecule has 1 aliphatic rings. The summed E-state index contributed by atoms with van der Waals surface area (Å²) in [4.78, 5) is 13.3. The number of carbonyl (C=O) groups is 1. The predicted octanol–water partition coefficient (Wildman–Crippen LogP) is 3.24. The Labute approximate surface area is 160 Å². The number of hydrogen-bond donors (Lipinski definition) is 2. The van der Waals surface area contributed by atoms with Crippen LogP contribution in [0.4, 0.5) is 0 Å². The minimum Gasteiger partial charge on any atom is -0.486 e. The van der Waals surface area contributed by atoms with Gasteiger partial charge >= 0.3 is 0 Å². The Kier molecular flexibility index (Phi) is 8.89. The molecule has 0 fully saturated rings. The van der Waals surface area contributed by atoms with Crippen molar-refractivity contribution in [3.63, 3.8) is 0 Å². The van der Waals surface area contributed by atoms with Crippen LogP contribution >= 0.6 is 24.2 Å². The second kappa shape index (κ2) is 10.1. The molecule has 1 atom stereocenters. The minimum atomic E-state index is -0.326. The first-order valence-electron chi connectivity index (χ1n) is 8.45. The van der Waals surface area contributed by atoms with Crippen LogP contribution in [0.5, 0.6) is 11.5 Å². The average molecular weight is 389 g/mol. The Morgan fingerprint density at radius 3 is 2.64 bits per heavy atom. The van der Waals surface area contributed by atoms with Crippen LogP contribution in [0, 0.1) is 5.92 Å². The first-order chi connectivity index (χ1) is 11.4. The summed E-state index contributed by atoms with van der Waals surface area (Å²) in [5.74, 6) is 2.83. The van der Waals surface area contributed by atoms with Crippen molar-refractivity contribution >= 4 is 30.1 Å². The first-order valence-corrected chi connectivity index (χ1v) is 9.44. The van der Waals surface area contributed by atoms with Gasteiger partial charge in [0.15, 0.2) is 11.5 Å². The van der Waals surface area contributed by atoms with Crippen LogP contribution < -0.4 is 20.5 Å². The van der Waals surface area contributed by atoms with Gasteiger partial charge in [-0.2, -0.15) is 0 Å². The van der Waals surface area contributed by atoms with Crippen molar-refractivity contribution in [2.75, 3.05) is 25.5 Å². The molecule has 1 aromatic carbocycles. The molecule has 0 bridgehead atoms. The van der Waals surface area contributed by atoms with Crippen molar-refractivity contribution in [3.8, 4) is 11.5 Å². The zero-order chi connectivity index (χ0) is 17.6. The molecule has 142 valence electrons. The Morgan fingerprint density at radius 2 is 2.00 bits per heavy atom. The molecule has 0 spiro atoms. The second-order valence-electron chi connectivity index (χ2n) is 6.81. The van der Waals surface area contributed by atoms with Crippen molar-refractivity contribution < 1.29 is 14.3 Å². The summed E-state index contributed by atoms with van der Waals surface area (Å²) >= 11 is 1.64. The van der Waals surface area contributed by atoms with E-state index >= 15 is 0 Å². The molecule has 5 nitrogen and oxygen atoms in total. The predicted molar refractivity (Wildman–Crippen MR) is 105 cm³/mol. The SMILES string of the molecule is CC(C)CC(C)(CN)NC(=O)CCSc1ccc2c(c1)OCCO2.Cl. The Hall–Kier alpha value is -1.11. The van der Waals surface area contributed by atoms with E-state index in [2.05, 4.69) is 19.2 Å². The van der Waals surface area contributed by atoms with Crippen LogP contribution in [0.3, 0.4) is 0 Å². The Balaban J connectivity index is 0.00000312. The van der Waals surface area contributed by atoms with Crippen molar-refractivity contribution in [1.29, 1.82) is 0 Å². The van der Waals surface area contributed by atoms with Crippen molar-refractivity contribution in [1.82, 2.24) is 5.32 Å². The van der Waals surface area contributed by atoms with Gasteiger partial charge in [0.1, 0.15) is 13.2 Å². The number of hydrogen-bond acceptors (Lipinski definition) is 5. The van der Waals surface area contributed by atoms with Gasteiger partial charge in [0.25, 0.3) is 0 Å². The molecular formula is C18H29ClN2O3S. The van der Waals surface area contributed by atoms with Gasteiger partial charge in [-0.3, -0.25) is 4.79 Å². The molecule has 0 saturated carbocycles. The highest BCUT2D eigenvalue weighted by Gasteiger charge is 2.25. The number of amides is 1. The Morgan fingerprint density at radius 1 is 1.32 bits per heavy atom. The van der Waals surface area contributed by atoms with Crippen LogP contribution in [0.25, 0.3) is 0 Å². The summed E-state index contributed by atoms with van der Waals surface area (Å²) in [5, 5.41) is 3.09. The summed E-state index contributed by atoms with van der Waals surface area (Å²) in [6.07, 6.45) is 1.34. The molecule has 1 unspecified atom stereocenters. The summed E-state index contributed by atoms with van der Waals surface area (Å²) in [6, 6.07) is 5.89. The third kappa shape index (κ3) is 6.96. The molecule has 25 heavy (non-hydrogen) atoms. The van der Waals surface area contributed by atoms with E-state index in [1.54, 1.807) is 11.8 Å². The molecule has 1 aliphatic heterocycles. The molecule has 0 aliphatic carbocycles. The molecular weight excluding hydrogens is 360 g/mol. The van der Waals surface area contributed by atoms with E-state index in [9.17, 15) is 4.79 Å². The van der Waals surface area contributed by atoms with E-state index in [1.165, 1.54) is 0 Å². The number of carbonyl (C=O) groups excluding carboxylic acids is 1. The normalized spacial score (nSPS) is 15.2. The topological polar surface area (TPSA) is 73.6 Å². The van der Waals surface area contributed by atoms with Crippen molar-refractivity contribution in [3.05, 3.63) is 18.2 Å². The van der Waals surface area contributed by atoms with Gasteiger partial charge in [0.05, 0.1) is 0 Å². The largest absolute Gasteiger partial charge is 0.486 e. The number of halogens is 1. The molecule has 3 N–H and O–H groups in total. The van der Waals surface area contributed by atoms with E-state index < -0.39 is 0 Å². The molecule has 7 heteroatoms. The number of nitrogens with one attached hydrogen (secondary N) is 1. The fraction of sp³-hybridized carbons (Fsp3) is 0.611. The second-order valence-corrected chi connectivity index (χ2v) is 7.98. The highest BCUT2D eigenvalue weighted by atomic mass is 35.5. The van der Waals surface area contributed by atoms with Gasteiger partial charge in [0.2, 0.25) is 5.91 Å². The highest BCUT2D eigenvalue weighted by Crippen LogP contribution is 2.34. The van der Waals surface area contributed by atoms with E-state index in [1.807, 2.05) is 25.1 Å². The van der Waals surface area contributed by atoms with Gasteiger partial charge in [-0.1, -0.05) is 13.8 Å². The van der Waals surface area contributed by atoms with Gasteiger partial charge in [-0.25, -0.2) is 0 Å². The third-order valence-electron chi connectivity index (χ3n) is 3.86. The lowest BCUT2D eigenvalue weighted by Crippen LogP contribution is -2.52. The fourth-order valence-electron chi connectivity index (χ4n) is 2.86. The number of nitrogens with two attached hydrogens (primary N) is 1. The zero-order valence-corrected chi connectivity index (χ0v) is 16.8.